The molecule has 0 aromatic rings. The van der Waals surface area contributed by atoms with Crippen molar-refractivity contribution >= 4 is 17.2 Å². The summed E-state index contributed by atoms with van der Waals surface area (Å²) in [5.41, 5.74) is 0. The molecule has 3 saturated heterocycles. The average molecular weight is 396 g/mol. The molecule has 4 rings (SSSR count). The third kappa shape index (κ3) is 9.78. The molecular weight excluding hydrogens is 374 g/mol. The molecule has 2 bridgehead atoms. The predicted molar refractivity (Wildman–Crippen MR) is 88.9 cm³/mol. The number of rotatable bonds is 1. The Morgan fingerprint density at radius 1 is 0.800 bits per heavy atom. The highest BCUT2D eigenvalue weighted by atomic mass is 31.2. The summed E-state index contributed by atoms with van der Waals surface area (Å²) in [4.78, 5) is 0. The minimum atomic E-state index is -1.27. The van der Waals surface area contributed by atoms with Crippen LogP contribution in [0.5, 0.6) is 0 Å². The van der Waals surface area contributed by atoms with Crippen LogP contribution in [0.2, 0.25) is 0 Å². The second-order valence-electron chi connectivity index (χ2n) is 4.35. The SMILES string of the molecule is C1COP2OCCOC(O1)OCCO2.CC#COP1OCC=CCO1. The zero-order valence-electron chi connectivity index (χ0n) is 14.0. The lowest BCUT2D eigenvalue weighted by atomic mass is 10.5. The first-order valence-corrected chi connectivity index (χ1v) is 9.91. The van der Waals surface area contributed by atoms with Gasteiger partial charge in [0.05, 0.1) is 52.9 Å². The number of fused-ring (bicyclic) bond motifs is 9. The highest BCUT2D eigenvalue weighted by Crippen LogP contribution is 2.40. The maximum absolute atomic E-state index is 5.33. The van der Waals surface area contributed by atoms with Crippen LogP contribution in [0, 0.1) is 12.0 Å². The second kappa shape index (κ2) is 13.8. The molecule has 0 aliphatic carbocycles. The van der Waals surface area contributed by atoms with Crippen LogP contribution < -0.4 is 0 Å². The fourth-order valence-corrected chi connectivity index (χ4v) is 3.20. The Labute approximate surface area is 149 Å². The van der Waals surface area contributed by atoms with E-state index in [1.165, 1.54) is 0 Å². The first-order chi connectivity index (χ1) is 12.4. The lowest BCUT2D eigenvalue weighted by molar-refractivity contribution is -0.296. The Bertz CT molecular complexity index is 383. The Morgan fingerprint density at radius 3 is 1.80 bits per heavy atom. The van der Waals surface area contributed by atoms with E-state index in [0.29, 0.717) is 52.9 Å². The van der Waals surface area contributed by atoms with Gasteiger partial charge in [0.2, 0.25) is 0 Å². The minimum Gasteiger partial charge on any atom is -0.373 e. The van der Waals surface area contributed by atoms with Gasteiger partial charge < -0.3 is 32.3 Å². The topological polar surface area (TPSA) is 83.1 Å². The molecular formula is C14H22O9P2. The Kier molecular flexibility index (Phi) is 11.6. The van der Waals surface area contributed by atoms with Gasteiger partial charge in [-0.25, -0.2) is 0 Å². The van der Waals surface area contributed by atoms with Gasteiger partial charge in [-0.15, -0.1) is 0 Å². The normalized spacial score (nSPS) is 28.2. The van der Waals surface area contributed by atoms with Gasteiger partial charge in [-0.3, -0.25) is 9.05 Å². The lowest BCUT2D eigenvalue weighted by Crippen LogP contribution is -2.28. The molecule has 142 valence electrons. The third-order valence-corrected chi connectivity index (χ3v) is 4.68. The molecule has 3 fully saturated rings. The molecule has 0 unspecified atom stereocenters. The molecule has 4 heterocycles. The monoisotopic (exact) mass is 396 g/mol. The van der Waals surface area contributed by atoms with Crippen LogP contribution in [-0.4, -0.2) is 59.3 Å². The second-order valence-corrected chi connectivity index (χ2v) is 6.72. The van der Waals surface area contributed by atoms with E-state index in [1.54, 1.807) is 6.92 Å². The van der Waals surface area contributed by atoms with Crippen LogP contribution in [0.3, 0.4) is 0 Å². The first kappa shape index (κ1) is 20.9. The minimum absolute atomic E-state index is 0.413. The van der Waals surface area contributed by atoms with E-state index in [4.69, 9.17) is 41.4 Å². The van der Waals surface area contributed by atoms with Crippen LogP contribution >= 0.6 is 17.2 Å². The van der Waals surface area contributed by atoms with Crippen molar-refractivity contribution in [3.8, 4) is 12.0 Å². The summed E-state index contributed by atoms with van der Waals surface area (Å²) in [6.07, 6.45) is 6.23. The summed E-state index contributed by atoms with van der Waals surface area (Å²) >= 11 is 0. The van der Waals surface area contributed by atoms with Gasteiger partial charge >= 0.3 is 17.2 Å². The third-order valence-electron chi connectivity index (χ3n) is 2.54. The molecule has 9 nitrogen and oxygen atoms in total. The highest BCUT2D eigenvalue weighted by molar-refractivity contribution is 7.42. The molecule has 0 N–H and O–H groups in total. The molecule has 0 aromatic heterocycles. The van der Waals surface area contributed by atoms with Crippen LogP contribution in [0.4, 0.5) is 0 Å². The van der Waals surface area contributed by atoms with Crippen LogP contribution in [0.15, 0.2) is 12.2 Å². The number of ether oxygens (including phenoxy) is 3. The largest absolute Gasteiger partial charge is 0.406 e. The highest BCUT2D eigenvalue weighted by Gasteiger charge is 2.19. The summed E-state index contributed by atoms with van der Waals surface area (Å²) in [6.45, 7) is 4.66. The molecule has 25 heavy (non-hydrogen) atoms. The van der Waals surface area contributed by atoms with Crippen LogP contribution in [0.1, 0.15) is 6.92 Å². The lowest BCUT2D eigenvalue weighted by Gasteiger charge is -2.25. The molecule has 0 aromatic carbocycles. The fourth-order valence-electron chi connectivity index (χ4n) is 1.54. The molecule has 4 aliphatic heterocycles. The Balaban J connectivity index is 0.000000186. The summed E-state index contributed by atoms with van der Waals surface area (Å²) in [7, 11) is -2.51. The molecule has 0 saturated carbocycles. The van der Waals surface area contributed by atoms with E-state index >= 15 is 0 Å². The van der Waals surface area contributed by atoms with Gasteiger partial charge in [0.15, 0.2) is 0 Å². The van der Waals surface area contributed by atoms with Gasteiger partial charge in [0, 0.05) is 6.92 Å². The van der Waals surface area contributed by atoms with E-state index in [9.17, 15) is 0 Å². The summed E-state index contributed by atoms with van der Waals surface area (Å²) in [6, 6.07) is 0. The van der Waals surface area contributed by atoms with Crippen molar-refractivity contribution in [3.63, 3.8) is 0 Å². The fraction of sp³-hybridized carbons (Fsp3) is 0.714. The summed E-state index contributed by atoms with van der Waals surface area (Å²) in [5.74, 6) is 2.60. The van der Waals surface area contributed by atoms with Gasteiger partial charge in [0.25, 0.3) is 6.48 Å². The Morgan fingerprint density at radius 2 is 1.32 bits per heavy atom. The van der Waals surface area contributed by atoms with Crippen molar-refractivity contribution in [1.29, 1.82) is 0 Å². The smallest absolute Gasteiger partial charge is 0.373 e. The van der Waals surface area contributed by atoms with Crippen molar-refractivity contribution in [2.45, 2.75) is 13.4 Å². The average Bonchev–Trinajstić information content (AvgIpc) is 2.93. The molecule has 0 atom stereocenters. The van der Waals surface area contributed by atoms with Gasteiger partial charge in [-0.2, -0.15) is 0 Å². The first-order valence-electron chi connectivity index (χ1n) is 7.72. The molecule has 0 amide bonds. The number of hydrogen-bond acceptors (Lipinski definition) is 9. The van der Waals surface area contributed by atoms with E-state index in [2.05, 4.69) is 12.0 Å². The van der Waals surface area contributed by atoms with Crippen LogP contribution in [-0.2, 0) is 41.4 Å². The van der Waals surface area contributed by atoms with Crippen molar-refractivity contribution in [1.82, 2.24) is 0 Å². The summed E-state index contributed by atoms with van der Waals surface area (Å²) < 4.78 is 47.0. The predicted octanol–water partition coefficient (Wildman–Crippen LogP) is 2.44. The van der Waals surface area contributed by atoms with Crippen molar-refractivity contribution in [2.24, 2.45) is 0 Å². The van der Waals surface area contributed by atoms with E-state index in [0.717, 1.165) is 0 Å². The summed E-state index contributed by atoms with van der Waals surface area (Å²) in [5, 5.41) is 0. The molecule has 11 heteroatoms. The quantitative estimate of drug-likeness (QED) is 0.377. The van der Waals surface area contributed by atoms with Crippen LogP contribution in [0.25, 0.3) is 0 Å². The number of hydrogen-bond donors (Lipinski definition) is 0. The maximum atomic E-state index is 5.33. The Hall–Kier alpha value is -0.360. The standard InChI is InChI=1S/C7H13O6P.C7H9O3P/c1-4-11-14-12-5-2-9-7(8-1)10-3-6-13-14;1-2-5-8-11-9-6-3-4-7-10-11/h7H,1-6H2;3-4H,6-7H2,1H3. The van der Waals surface area contributed by atoms with Gasteiger partial charge in [-0.1, -0.05) is 18.1 Å². The van der Waals surface area contributed by atoms with E-state index in [-0.39, 0.29) is 0 Å². The van der Waals surface area contributed by atoms with Gasteiger partial charge in [0.1, 0.15) is 6.11 Å². The van der Waals surface area contributed by atoms with Crippen molar-refractivity contribution in [2.75, 3.05) is 52.9 Å². The van der Waals surface area contributed by atoms with Gasteiger partial charge in [-0.05, 0) is 0 Å². The maximum Gasteiger partial charge on any atom is 0.406 e. The van der Waals surface area contributed by atoms with E-state index in [1.807, 2.05) is 12.2 Å². The van der Waals surface area contributed by atoms with Crippen molar-refractivity contribution in [3.05, 3.63) is 12.2 Å². The molecule has 0 spiro atoms. The van der Waals surface area contributed by atoms with E-state index < -0.39 is 23.7 Å². The molecule has 0 radical (unpaired) electrons. The zero-order valence-corrected chi connectivity index (χ0v) is 15.7. The molecule has 4 aliphatic rings. The van der Waals surface area contributed by atoms with Crippen molar-refractivity contribution < 1.29 is 41.4 Å². The zero-order chi connectivity index (χ0) is 17.6.